The smallest absolute Gasteiger partial charge is 0.414 e. The van der Waals surface area contributed by atoms with Crippen molar-refractivity contribution in [1.82, 2.24) is 0 Å². The maximum Gasteiger partial charge on any atom is 0.414 e. The Morgan fingerprint density at radius 3 is 1.62 bits per heavy atom. The third-order valence-electron chi connectivity index (χ3n) is 3.47. The highest BCUT2D eigenvalue weighted by atomic mass is 79.9. The Bertz CT molecular complexity index is 499. The molecule has 168 valence electrons. The molecule has 0 radical (unpaired) electrons. The molecule has 29 heavy (non-hydrogen) atoms. The molecule has 0 aliphatic heterocycles. The molecule has 0 spiro atoms. The molecule has 0 aliphatic rings. The molecule has 0 heterocycles. The second-order valence-electron chi connectivity index (χ2n) is 6.22. The van der Waals surface area contributed by atoms with Gasteiger partial charge < -0.3 is 5.11 Å². The van der Waals surface area contributed by atoms with E-state index >= 15 is 0 Å². The third kappa shape index (κ3) is 29.3. The van der Waals surface area contributed by atoms with Gasteiger partial charge in [-0.15, -0.1) is 11.6 Å². The monoisotopic (exact) mass is 500 g/mol. The van der Waals surface area contributed by atoms with Crippen molar-refractivity contribution >= 4 is 33.5 Å². The molecule has 0 aliphatic carbocycles. The van der Waals surface area contributed by atoms with Gasteiger partial charge in [-0.3, -0.25) is 4.79 Å². The molecule has 7 heteroatoms. The van der Waals surface area contributed by atoms with Gasteiger partial charge in [-0.2, -0.15) is 13.2 Å². The first kappa shape index (κ1) is 30.2. The Balaban J connectivity index is 0. The van der Waals surface area contributed by atoms with Gasteiger partial charge in [-0.1, -0.05) is 84.3 Å². The van der Waals surface area contributed by atoms with Crippen molar-refractivity contribution in [3.05, 3.63) is 48.6 Å². The Kier molecular flexibility index (Phi) is 22.6. The van der Waals surface area contributed by atoms with Gasteiger partial charge in [-0.05, 0) is 44.9 Å². The number of rotatable bonds is 14. The van der Waals surface area contributed by atoms with Crippen molar-refractivity contribution in [3.63, 3.8) is 0 Å². The van der Waals surface area contributed by atoms with Crippen LogP contribution in [0.25, 0.3) is 0 Å². The molecule has 0 aromatic carbocycles. The lowest BCUT2D eigenvalue weighted by atomic mass is 10.2. The minimum Gasteiger partial charge on any atom is -0.481 e. The molecule has 1 atom stereocenters. The average Bonchev–Trinajstić information content (AvgIpc) is 2.63. The third-order valence-corrected chi connectivity index (χ3v) is 4.23. The number of aliphatic carboxylic acids is 1. The second-order valence-corrected chi connectivity index (χ2v) is 8.10. The number of allylic oxidation sites excluding steroid dienone is 8. The number of carbonyl (C=O) groups is 1. The van der Waals surface area contributed by atoms with Crippen LogP contribution in [0.5, 0.6) is 0 Å². The van der Waals surface area contributed by atoms with Gasteiger partial charge in [-0.25, -0.2) is 0 Å². The molecule has 0 bridgehead atoms. The lowest BCUT2D eigenvalue weighted by Gasteiger charge is -2.03. The molecule has 2 nitrogen and oxygen atoms in total. The summed E-state index contributed by atoms with van der Waals surface area (Å²) in [4.78, 5) is 10.3. The second kappa shape index (κ2) is 21.7. The molecular weight excluding hydrogens is 469 g/mol. The van der Waals surface area contributed by atoms with Gasteiger partial charge >= 0.3 is 12.1 Å². The van der Waals surface area contributed by atoms with E-state index in [1.165, 1.54) is 25.7 Å². The van der Waals surface area contributed by atoms with Gasteiger partial charge in [0.05, 0.1) is 0 Å². The largest absolute Gasteiger partial charge is 0.481 e. The van der Waals surface area contributed by atoms with Crippen LogP contribution in [0, 0.1) is 0 Å². The summed E-state index contributed by atoms with van der Waals surface area (Å²) in [6.45, 7) is 2.23. The number of unbranched alkanes of at least 4 members (excludes halogenated alkanes) is 4. The topological polar surface area (TPSA) is 37.3 Å². The van der Waals surface area contributed by atoms with Gasteiger partial charge in [0.1, 0.15) is 0 Å². The molecule has 0 aromatic heterocycles. The van der Waals surface area contributed by atoms with Crippen LogP contribution in [0.1, 0.15) is 71.1 Å². The van der Waals surface area contributed by atoms with Crippen LogP contribution in [0.2, 0.25) is 0 Å². The highest BCUT2D eigenvalue weighted by molar-refractivity contribution is 9.10. The minimum absolute atomic E-state index is 0.262. The molecule has 0 fully saturated rings. The van der Waals surface area contributed by atoms with Crippen molar-refractivity contribution in [1.29, 1.82) is 0 Å². The summed E-state index contributed by atoms with van der Waals surface area (Å²) < 4.78 is 31.1. The number of alkyl halides is 5. The standard InChI is InChI=1S/C20H32O2.C2HBrClF3/c1-2-3-4-5-6-7-8-9-10-11-12-13-14-15-16-17-18-19-20(21)22;3-1(4)2(5,6)7/h6-7,9-10,12-13,15-16H,2-5,8,11,14,17-19H2,1H3,(H,21,22);1H. The molecule has 0 rings (SSSR count). The zero-order valence-corrected chi connectivity index (χ0v) is 19.4. The lowest BCUT2D eigenvalue weighted by Crippen LogP contribution is -2.16. The van der Waals surface area contributed by atoms with E-state index in [1.54, 1.807) is 0 Å². The Morgan fingerprint density at radius 2 is 1.28 bits per heavy atom. The quantitative estimate of drug-likeness (QED) is 0.147. The SMILES string of the molecule is CCCCCC=CCC=CCC=CCC=CCCCC(=O)O.FC(F)(F)C(Cl)Br. The molecule has 0 amide bonds. The number of halogens is 5. The van der Waals surface area contributed by atoms with Crippen LogP contribution in [0.4, 0.5) is 13.2 Å². The van der Waals surface area contributed by atoms with Crippen LogP contribution < -0.4 is 0 Å². The summed E-state index contributed by atoms with van der Waals surface area (Å²) in [6, 6.07) is 0. The zero-order valence-electron chi connectivity index (χ0n) is 17.0. The van der Waals surface area contributed by atoms with E-state index in [4.69, 9.17) is 5.11 Å². The summed E-state index contributed by atoms with van der Waals surface area (Å²) in [6.07, 6.45) is 23.0. The number of hydrogen-bond donors (Lipinski definition) is 1. The first-order valence-electron chi connectivity index (χ1n) is 9.88. The molecule has 0 aromatic rings. The summed E-state index contributed by atoms with van der Waals surface area (Å²) in [5.41, 5.74) is 0. The lowest BCUT2D eigenvalue weighted by molar-refractivity contribution is -0.137. The molecule has 1 unspecified atom stereocenters. The summed E-state index contributed by atoms with van der Waals surface area (Å²) in [5, 5.41) is 8.49. The van der Waals surface area contributed by atoms with Crippen LogP contribution in [0.3, 0.4) is 0 Å². The van der Waals surface area contributed by atoms with Crippen LogP contribution in [0.15, 0.2) is 48.6 Å². The predicted molar refractivity (Wildman–Crippen MR) is 121 cm³/mol. The van der Waals surface area contributed by atoms with Crippen LogP contribution >= 0.6 is 27.5 Å². The first-order valence-corrected chi connectivity index (χ1v) is 11.2. The van der Waals surface area contributed by atoms with E-state index < -0.39 is 16.4 Å². The Labute approximate surface area is 186 Å². The van der Waals surface area contributed by atoms with E-state index in [0.717, 1.165) is 32.1 Å². The molecule has 1 N–H and O–H groups in total. The fraction of sp³-hybridized carbons (Fsp3) is 0.591. The fourth-order valence-electron chi connectivity index (χ4n) is 1.93. The maximum absolute atomic E-state index is 11.0. The van der Waals surface area contributed by atoms with Crippen LogP contribution in [-0.4, -0.2) is 21.5 Å². The fourth-order valence-corrected chi connectivity index (χ4v) is 1.93. The summed E-state index contributed by atoms with van der Waals surface area (Å²) >= 11 is 6.68. The predicted octanol–water partition coefficient (Wildman–Crippen LogP) is 8.73. The average molecular weight is 502 g/mol. The van der Waals surface area contributed by atoms with Crippen molar-refractivity contribution in [3.8, 4) is 0 Å². The highest BCUT2D eigenvalue weighted by Crippen LogP contribution is 2.28. The van der Waals surface area contributed by atoms with E-state index in [-0.39, 0.29) is 6.42 Å². The highest BCUT2D eigenvalue weighted by Gasteiger charge is 2.35. The van der Waals surface area contributed by atoms with Gasteiger partial charge in [0.25, 0.3) is 0 Å². The Morgan fingerprint density at radius 1 is 0.897 bits per heavy atom. The zero-order chi connectivity index (χ0) is 22.4. The summed E-state index contributed by atoms with van der Waals surface area (Å²) in [5.74, 6) is -0.712. The van der Waals surface area contributed by atoms with E-state index in [9.17, 15) is 18.0 Å². The molecular formula is C22H33BrClF3O2. The number of carboxylic acid groups (broad SMARTS) is 1. The van der Waals surface area contributed by atoms with Crippen molar-refractivity contribution in [2.75, 3.05) is 0 Å². The van der Waals surface area contributed by atoms with E-state index in [2.05, 4.69) is 83.1 Å². The normalized spacial score (nSPS) is 13.4. The van der Waals surface area contributed by atoms with Gasteiger partial charge in [0.2, 0.25) is 0 Å². The van der Waals surface area contributed by atoms with Crippen molar-refractivity contribution in [2.24, 2.45) is 0 Å². The van der Waals surface area contributed by atoms with Crippen molar-refractivity contribution < 1.29 is 23.1 Å². The van der Waals surface area contributed by atoms with Crippen LogP contribution in [-0.2, 0) is 4.79 Å². The molecule has 0 saturated carbocycles. The Hall–Kier alpha value is -1.01. The van der Waals surface area contributed by atoms with Crippen molar-refractivity contribution in [2.45, 2.75) is 81.6 Å². The molecule has 0 saturated heterocycles. The first-order chi connectivity index (χ1) is 13.7. The van der Waals surface area contributed by atoms with E-state index in [0.29, 0.717) is 0 Å². The van der Waals surface area contributed by atoms with Gasteiger partial charge in [0, 0.05) is 6.42 Å². The number of hydrogen-bond acceptors (Lipinski definition) is 1. The van der Waals surface area contributed by atoms with Gasteiger partial charge in [0.15, 0.2) is 4.29 Å². The maximum atomic E-state index is 11.0. The minimum atomic E-state index is -4.32. The van der Waals surface area contributed by atoms with E-state index in [1.807, 2.05) is 0 Å². The number of carboxylic acids is 1. The summed E-state index contributed by atoms with van der Waals surface area (Å²) in [7, 11) is 0.